The molecule has 6 nitrogen and oxygen atoms in total. The molecule has 0 spiro atoms. The van der Waals surface area contributed by atoms with Gasteiger partial charge in [-0.2, -0.15) is 0 Å². The lowest BCUT2D eigenvalue weighted by Crippen LogP contribution is -2.40. The van der Waals surface area contributed by atoms with E-state index in [1.165, 1.54) is 19.3 Å². The zero-order valence-electron chi connectivity index (χ0n) is 16.8. The van der Waals surface area contributed by atoms with Gasteiger partial charge in [-0.05, 0) is 55.7 Å². The molecule has 2 aromatic carbocycles. The summed E-state index contributed by atoms with van der Waals surface area (Å²) >= 11 is 0. The van der Waals surface area contributed by atoms with Crippen LogP contribution in [0.2, 0.25) is 0 Å². The molecule has 0 aliphatic carbocycles. The molecule has 3 rings (SSSR count). The largest absolute Gasteiger partial charge is 0.497 e. The number of carbonyl (C=O) groups excluding carboxylic acids is 1. The predicted octanol–water partition coefficient (Wildman–Crippen LogP) is 4.00. The van der Waals surface area contributed by atoms with Gasteiger partial charge in [0.2, 0.25) is 0 Å². The van der Waals surface area contributed by atoms with Crippen molar-refractivity contribution in [2.45, 2.75) is 19.3 Å². The number of piperidine rings is 1. The zero-order valence-corrected chi connectivity index (χ0v) is 19.1. The second-order valence-corrected chi connectivity index (χ2v) is 6.73. The molecule has 156 valence electrons. The van der Waals surface area contributed by atoms with Crippen LogP contribution in [0.25, 0.3) is 0 Å². The number of nitrogens with one attached hydrogen (secondary N) is 2. The molecule has 1 heterocycles. The second kappa shape index (κ2) is 12.3. The molecule has 2 N–H and O–H groups in total. The highest BCUT2D eigenvalue weighted by atomic mass is 127. The van der Waals surface area contributed by atoms with Crippen LogP contribution in [0.15, 0.2) is 59.6 Å². The van der Waals surface area contributed by atoms with E-state index in [0.29, 0.717) is 18.7 Å². The Bertz CT molecular complexity index is 775. The number of halogens is 1. The third-order valence-corrected chi connectivity index (χ3v) is 4.70. The van der Waals surface area contributed by atoms with Gasteiger partial charge in [0.1, 0.15) is 5.75 Å². The zero-order chi connectivity index (χ0) is 19.6. The second-order valence-electron chi connectivity index (χ2n) is 6.73. The summed E-state index contributed by atoms with van der Waals surface area (Å²) in [5, 5.41) is 6.36. The van der Waals surface area contributed by atoms with Crippen LogP contribution in [-0.4, -0.2) is 50.1 Å². The van der Waals surface area contributed by atoms with Crippen molar-refractivity contribution in [2.75, 3.05) is 38.6 Å². The molecule has 0 radical (unpaired) electrons. The van der Waals surface area contributed by atoms with E-state index in [1.807, 2.05) is 30.3 Å². The maximum atomic E-state index is 12.3. The topological polar surface area (TPSA) is 66.0 Å². The summed E-state index contributed by atoms with van der Waals surface area (Å²) < 4.78 is 5.12. The van der Waals surface area contributed by atoms with Crippen LogP contribution < -0.4 is 15.4 Å². The molecule has 7 heteroatoms. The molecule has 1 amide bonds. The van der Waals surface area contributed by atoms with Gasteiger partial charge in [0.05, 0.1) is 13.7 Å². The Labute approximate surface area is 189 Å². The predicted molar refractivity (Wildman–Crippen MR) is 129 cm³/mol. The number of benzene rings is 2. The number of methoxy groups -OCH3 is 1. The first-order valence-corrected chi connectivity index (χ1v) is 9.80. The molecule has 0 saturated carbocycles. The van der Waals surface area contributed by atoms with E-state index >= 15 is 0 Å². The number of ether oxygens (including phenoxy) is 1. The maximum absolute atomic E-state index is 12.3. The Morgan fingerprint density at radius 2 is 1.72 bits per heavy atom. The Balaban J connectivity index is 0.00000300. The van der Waals surface area contributed by atoms with Crippen molar-refractivity contribution in [3.8, 4) is 5.75 Å². The quantitative estimate of drug-likeness (QED) is 0.268. The fourth-order valence-electron chi connectivity index (χ4n) is 3.15. The minimum absolute atomic E-state index is 0. The number of aliphatic imine (C=N–C) groups is 1. The number of likely N-dealkylation sites (tertiary alicyclic amines) is 1. The van der Waals surface area contributed by atoms with Gasteiger partial charge in [-0.15, -0.1) is 24.0 Å². The van der Waals surface area contributed by atoms with E-state index in [0.717, 1.165) is 30.5 Å². The van der Waals surface area contributed by atoms with Gasteiger partial charge in [-0.1, -0.05) is 18.2 Å². The van der Waals surface area contributed by atoms with E-state index in [9.17, 15) is 4.79 Å². The van der Waals surface area contributed by atoms with Crippen molar-refractivity contribution in [1.29, 1.82) is 0 Å². The SMILES string of the molecule is COc1ccc(C(=O)NCCN=C(Nc2ccccc2)N2CCCCC2)cc1.I. The standard InChI is InChI=1S/C22H28N4O2.HI/c1-28-20-12-10-18(11-13-20)21(27)23-14-15-24-22(26-16-6-3-7-17-26)25-19-8-4-2-5-9-19;/h2,4-5,8-13H,3,6-7,14-17H2,1H3,(H,23,27)(H,24,25);1H. The van der Waals surface area contributed by atoms with Gasteiger partial charge in [0.25, 0.3) is 5.91 Å². The number of rotatable bonds is 6. The Kier molecular flexibility index (Phi) is 9.76. The van der Waals surface area contributed by atoms with Crippen molar-refractivity contribution in [3.63, 3.8) is 0 Å². The van der Waals surface area contributed by atoms with E-state index in [4.69, 9.17) is 9.73 Å². The molecule has 1 fully saturated rings. The molecule has 1 aliphatic rings. The first-order valence-electron chi connectivity index (χ1n) is 9.80. The highest BCUT2D eigenvalue weighted by molar-refractivity contribution is 14.0. The van der Waals surface area contributed by atoms with Crippen LogP contribution in [-0.2, 0) is 0 Å². The summed E-state index contributed by atoms with van der Waals surface area (Å²) in [6.45, 7) is 3.03. The summed E-state index contributed by atoms with van der Waals surface area (Å²) in [5.41, 5.74) is 1.64. The van der Waals surface area contributed by atoms with Crippen LogP contribution in [0, 0.1) is 0 Å². The van der Waals surface area contributed by atoms with Crippen LogP contribution in [0.4, 0.5) is 5.69 Å². The molecule has 1 aliphatic heterocycles. The van der Waals surface area contributed by atoms with Crippen molar-refractivity contribution in [3.05, 3.63) is 60.2 Å². The molecular weight excluding hydrogens is 479 g/mol. The lowest BCUT2D eigenvalue weighted by Gasteiger charge is -2.30. The molecule has 29 heavy (non-hydrogen) atoms. The molecule has 1 saturated heterocycles. The van der Waals surface area contributed by atoms with Crippen molar-refractivity contribution >= 4 is 41.5 Å². The minimum Gasteiger partial charge on any atom is -0.497 e. The Morgan fingerprint density at radius 3 is 2.38 bits per heavy atom. The van der Waals surface area contributed by atoms with Crippen molar-refractivity contribution < 1.29 is 9.53 Å². The van der Waals surface area contributed by atoms with Gasteiger partial charge in [0.15, 0.2) is 5.96 Å². The summed E-state index contributed by atoms with van der Waals surface area (Å²) in [6, 6.07) is 17.2. The van der Waals surface area contributed by atoms with Crippen LogP contribution >= 0.6 is 24.0 Å². The third-order valence-electron chi connectivity index (χ3n) is 4.70. The average molecular weight is 508 g/mol. The average Bonchev–Trinajstić information content (AvgIpc) is 2.77. The van der Waals surface area contributed by atoms with E-state index in [2.05, 4.69) is 15.5 Å². The number of hydrogen-bond donors (Lipinski definition) is 2. The monoisotopic (exact) mass is 508 g/mol. The van der Waals surface area contributed by atoms with E-state index in [-0.39, 0.29) is 29.9 Å². The number of guanidine groups is 1. The lowest BCUT2D eigenvalue weighted by molar-refractivity contribution is 0.0954. The number of para-hydroxylation sites is 1. The number of hydrogen-bond acceptors (Lipinski definition) is 3. The molecular formula is C22H29IN4O2. The van der Waals surface area contributed by atoms with Gasteiger partial charge < -0.3 is 20.3 Å². The van der Waals surface area contributed by atoms with Gasteiger partial charge >= 0.3 is 0 Å². The first-order chi connectivity index (χ1) is 13.8. The normalized spacial score (nSPS) is 14.0. The Morgan fingerprint density at radius 1 is 1.03 bits per heavy atom. The lowest BCUT2D eigenvalue weighted by atomic mass is 10.1. The first kappa shape index (κ1) is 23.0. The number of amides is 1. The van der Waals surface area contributed by atoms with Crippen LogP contribution in [0.3, 0.4) is 0 Å². The summed E-state index contributed by atoms with van der Waals surface area (Å²) in [5.74, 6) is 1.51. The van der Waals surface area contributed by atoms with Crippen molar-refractivity contribution in [1.82, 2.24) is 10.2 Å². The summed E-state index contributed by atoms with van der Waals surface area (Å²) in [6.07, 6.45) is 3.64. The number of anilines is 1. The van der Waals surface area contributed by atoms with Crippen molar-refractivity contribution in [2.24, 2.45) is 4.99 Å². The summed E-state index contributed by atoms with van der Waals surface area (Å²) in [7, 11) is 1.61. The Hall–Kier alpha value is -2.29. The number of nitrogens with zero attached hydrogens (tertiary/aromatic N) is 2. The maximum Gasteiger partial charge on any atom is 0.251 e. The van der Waals surface area contributed by atoms with E-state index < -0.39 is 0 Å². The molecule has 2 aromatic rings. The molecule has 0 bridgehead atoms. The highest BCUT2D eigenvalue weighted by Gasteiger charge is 2.15. The number of carbonyl (C=O) groups is 1. The van der Waals surface area contributed by atoms with Gasteiger partial charge in [-0.25, -0.2) is 0 Å². The molecule has 0 atom stereocenters. The smallest absolute Gasteiger partial charge is 0.251 e. The van der Waals surface area contributed by atoms with Crippen LogP contribution in [0.5, 0.6) is 5.75 Å². The fraction of sp³-hybridized carbons (Fsp3) is 0.364. The van der Waals surface area contributed by atoms with Crippen LogP contribution in [0.1, 0.15) is 29.6 Å². The van der Waals surface area contributed by atoms with E-state index in [1.54, 1.807) is 31.4 Å². The summed E-state index contributed by atoms with van der Waals surface area (Å²) in [4.78, 5) is 19.3. The van der Waals surface area contributed by atoms with Gasteiger partial charge in [0, 0.05) is 30.9 Å². The third kappa shape index (κ3) is 7.23. The fourth-order valence-corrected chi connectivity index (χ4v) is 3.15. The molecule has 0 unspecified atom stereocenters. The minimum atomic E-state index is -0.103. The van der Waals surface area contributed by atoms with Gasteiger partial charge in [-0.3, -0.25) is 9.79 Å². The highest BCUT2D eigenvalue weighted by Crippen LogP contribution is 2.13. The molecule has 0 aromatic heterocycles.